The highest BCUT2D eigenvalue weighted by molar-refractivity contribution is 5.97. The summed E-state index contributed by atoms with van der Waals surface area (Å²) in [7, 11) is 0. The first-order valence-electron chi connectivity index (χ1n) is 9.52. The number of anilines is 1. The quantitative estimate of drug-likeness (QED) is 0.889. The molecule has 1 aromatic rings. The van der Waals surface area contributed by atoms with E-state index >= 15 is 0 Å². The van der Waals surface area contributed by atoms with Crippen LogP contribution in [0.15, 0.2) is 41.7 Å². The molecule has 2 unspecified atom stereocenters. The van der Waals surface area contributed by atoms with Crippen LogP contribution in [0, 0.1) is 11.3 Å². The fourth-order valence-electron chi connectivity index (χ4n) is 4.61. The summed E-state index contributed by atoms with van der Waals surface area (Å²) in [5, 5.41) is 9.93. The van der Waals surface area contributed by atoms with E-state index in [1.54, 1.807) is 0 Å². The molecule has 3 aliphatic rings. The van der Waals surface area contributed by atoms with E-state index in [0.29, 0.717) is 17.8 Å². The minimum absolute atomic E-state index is 0.108. The third-order valence-electron chi connectivity index (χ3n) is 5.84. The number of nitrogens with zero attached hydrogens (tertiary/aromatic N) is 4. The Kier molecular flexibility index (Phi) is 4.56. The molecule has 2 atom stereocenters. The van der Waals surface area contributed by atoms with Crippen molar-refractivity contribution in [2.45, 2.75) is 44.2 Å². The number of hydrogen-bond donors (Lipinski definition) is 1. The molecule has 0 spiro atoms. The van der Waals surface area contributed by atoms with E-state index in [-0.39, 0.29) is 23.9 Å². The maximum Gasteiger partial charge on any atom is 0.330 e. The lowest BCUT2D eigenvalue weighted by molar-refractivity contribution is 0.132. The van der Waals surface area contributed by atoms with Crippen molar-refractivity contribution in [3.05, 3.63) is 41.7 Å². The molecule has 26 heavy (non-hydrogen) atoms. The largest absolute Gasteiger partial charge is 0.384 e. The van der Waals surface area contributed by atoms with E-state index in [1.807, 2.05) is 35.2 Å². The van der Waals surface area contributed by atoms with E-state index in [4.69, 9.17) is 5.73 Å². The van der Waals surface area contributed by atoms with Crippen molar-refractivity contribution in [2.24, 2.45) is 5.73 Å². The highest BCUT2D eigenvalue weighted by atomic mass is 16.2. The first kappa shape index (κ1) is 16.9. The summed E-state index contributed by atoms with van der Waals surface area (Å²) in [6, 6.07) is 11.6. The Labute approximate surface area is 154 Å². The predicted octanol–water partition coefficient (Wildman–Crippen LogP) is 2.64. The van der Waals surface area contributed by atoms with Crippen LogP contribution in [0.2, 0.25) is 0 Å². The van der Waals surface area contributed by atoms with E-state index < -0.39 is 0 Å². The van der Waals surface area contributed by atoms with Crippen molar-refractivity contribution in [1.29, 1.82) is 5.26 Å². The number of rotatable bonds is 2. The lowest BCUT2D eigenvalue weighted by atomic mass is 9.93. The molecule has 2 saturated heterocycles. The van der Waals surface area contributed by atoms with Crippen LogP contribution >= 0.6 is 0 Å². The zero-order valence-electron chi connectivity index (χ0n) is 15.0. The smallest absolute Gasteiger partial charge is 0.330 e. The van der Waals surface area contributed by atoms with Crippen LogP contribution in [0.5, 0.6) is 0 Å². The minimum Gasteiger partial charge on any atom is -0.384 e. The number of urea groups is 1. The van der Waals surface area contributed by atoms with Crippen LogP contribution in [0.1, 0.15) is 32.1 Å². The Balaban J connectivity index is 1.80. The molecule has 2 fully saturated rings. The van der Waals surface area contributed by atoms with Gasteiger partial charge in [-0.1, -0.05) is 24.6 Å². The highest BCUT2D eigenvalue weighted by Gasteiger charge is 2.46. The van der Waals surface area contributed by atoms with Gasteiger partial charge in [0.1, 0.15) is 11.9 Å². The van der Waals surface area contributed by atoms with Crippen LogP contribution in [-0.2, 0) is 0 Å². The Morgan fingerprint density at radius 2 is 1.73 bits per heavy atom. The Morgan fingerprint density at radius 3 is 2.42 bits per heavy atom. The number of benzene rings is 1. The average Bonchev–Trinajstić information content (AvgIpc) is 3.10. The molecular weight excluding hydrogens is 326 g/mol. The van der Waals surface area contributed by atoms with Crippen molar-refractivity contribution in [2.75, 3.05) is 24.5 Å². The summed E-state index contributed by atoms with van der Waals surface area (Å²) in [6.45, 7) is 2.77. The molecule has 0 bridgehead atoms. The lowest BCUT2D eigenvalue weighted by Gasteiger charge is -2.45. The molecule has 0 aliphatic carbocycles. The molecular formula is C20H25N5O. The van der Waals surface area contributed by atoms with Gasteiger partial charge in [-0.15, -0.1) is 0 Å². The fourth-order valence-corrected chi connectivity index (χ4v) is 4.61. The van der Waals surface area contributed by atoms with Crippen molar-refractivity contribution in [1.82, 2.24) is 9.80 Å². The van der Waals surface area contributed by atoms with Gasteiger partial charge >= 0.3 is 6.03 Å². The molecule has 0 radical (unpaired) electrons. The molecule has 6 heteroatoms. The first-order valence-corrected chi connectivity index (χ1v) is 9.52. The van der Waals surface area contributed by atoms with Crippen LogP contribution in [0.3, 0.4) is 0 Å². The molecule has 0 aromatic heterocycles. The molecule has 136 valence electrons. The van der Waals surface area contributed by atoms with E-state index in [1.165, 1.54) is 17.7 Å². The van der Waals surface area contributed by atoms with Crippen LogP contribution < -0.4 is 10.6 Å². The number of nitrogens with two attached hydrogens (primary N) is 1. The van der Waals surface area contributed by atoms with E-state index in [9.17, 15) is 10.1 Å². The van der Waals surface area contributed by atoms with Gasteiger partial charge in [-0.25, -0.2) is 9.69 Å². The predicted molar refractivity (Wildman–Crippen MR) is 100 cm³/mol. The van der Waals surface area contributed by atoms with Gasteiger partial charge < -0.3 is 10.6 Å². The lowest BCUT2D eigenvalue weighted by Crippen LogP contribution is -2.60. The number of hydrogen-bond acceptors (Lipinski definition) is 4. The van der Waals surface area contributed by atoms with Gasteiger partial charge in [0.15, 0.2) is 0 Å². The maximum absolute atomic E-state index is 13.4. The van der Waals surface area contributed by atoms with Crippen molar-refractivity contribution >= 4 is 11.7 Å². The molecule has 1 aromatic carbocycles. The summed E-state index contributed by atoms with van der Waals surface area (Å²) in [6.07, 6.45) is 5.43. The van der Waals surface area contributed by atoms with Gasteiger partial charge in [-0.05, 0) is 50.9 Å². The number of nitriles is 1. The second kappa shape index (κ2) is 7.00. The Morgan fingerprint density at radius 1 is 1.04 bits per heavy atom. The van der Waals surface area contributed by atoms with E-state index in [2.05, 4.69) is 11.0 Å². The normalized spacial score (nSPS) is 27.3. The Bertz CT molecular complexity index is 747. The van der Waals surface area contributed by atoms with Crippen molar-refractivity contribution in [3.63, 3.8) is 0 Å². The second-order valence-corrected chi connectivity index (χ2v) is 7.31. The number of para-hydroxylation sites is 1. The van der Waals surface area contributed by atoms with Crippen molar-refractivity contribution < 1.29 is 4.79 Å². The van der Waals surface area contributed by atoms with Crippen LogP contribution in [0.25, 0.3) is 0 Å². The van der Waals surface area contributed by atoms with Gasteiger partial charge in [-0.2, -0.15) is 5.26 Å². The van der Waals surface area contributed by atoms with Crippen LogP contribution in [-0.4, -0.2) is 47.5 Å². The number of carbonyl (C=O) groups excluding carboxylic acids is 1. The van der Waals surface area contributed by atoms with Gasteiger partial charge in [0, 0.05) is 12.6 Å². The van der Waals surface area contributed by atoms with Crippen molar-refractivity contribution in [3.8, 4) is 6.07 Å². The topological polar surface area (TPSA) is 76.6 Å². The number of fused-ring (bicyclic) bond motifs is 1. The Hall–Kier alpha value is -2.52. The molecule has 3 heterocycles. The fraction of sp³-hybridized carbons (Fsp3) is 0.500. The molecule has 6 nitrogen and oxygen atoms in total. The standard InChI is InChI=1S/C20H25N5O/c21-14-16-18-17(23-11-6-7-12-23)10-4-5-13-24(18)20(26)25(19(16)22)15-8-2-1-3-9-15/h1-3,8-9,17-18H,4-7,10-13,22H2. The zero-order chi connectivity index (χ0) is 18.1. The number of likely N-dealkylation sites (tertiary alicyclic amines) is 1. The third kappa shape index (κ3) is 2.73. The van der Waals surface area contributed by atoms with E-state index in [0.717, 1.165) is 32.4 Å². The molecule has 3 aliphatic heterocycles. The summed E-state index contributed by atoms with van der Waals surface area (Å²) in [5.41, 5.74) is 7.64. The summed E-state index contributed by atoms with van der Waals surface area (Å²) in [4.78, 5) is 19.2. The van der Waals surface area contributed by atoms with Gasteiger partial charge in [0.2, 0.25) is 0 Å². The zero-order valence-corrected chi connectivity index (χ0v) is 15.0. The SMILES string of the molecule is N#CC1=C(N)N(c2ccccc2)C(=O)N2CCCCC(N3CCCC3)C12. The number of carbonyl (C=O) groups is 1. The molecule has 4 rings (SSSR count). The molecule has 2 N–H and O–H groups in total. The highest BCUT2D eigenvalue weighted by Crippen LogP contribution is 2.35. The van der Waals surface area contributed by atoms with Gasteiger partial charge in [0.25, 0.3) is 0 Å². The molecule has 2 amide bonds. The first-order chi connectivity index (χ1) is 12.7. The van der Waals surface area contributed by atoms with Crippen LogP contribution in [0.4, 0.5) is 10.5 Å². The second-order valence-electron chi connectivity index (χ2n) is 7.31. The third-order valence-corrected chi connectivity index (χ3v) is 5.84. The maximum atomic E-state index is 13.4. The minimum atomic E-state index is -0.229. The summed E-state index contributed by atoms with van der Waals surface area (Å²) >= 11 is 0. The monoisotopic (exact) mass is 351 g/mol. The average molecular weight is 351 g/mol. The molecule has 0 saturated carbocycles. The van der Waals surface area contributed by atoms with Gasteiger partial charge in [-0.3, -0.25) is 4.90 Å². The summed E-state index contributed by atoms with van der Waals surface area (Å²) in [5.74, 6) is 0.288. The van der Waals surface area contributed by atoms with Gasteiger partial charge in [0.05, 0.1) is 17.3 Å². The number of amides is 2. The summed E-state index contributed by atoms with van der Waals surface area (Å²) < 4.78 is 0.